The molecule has 2 aliphatic heterocycles. The number of hydrogen-bond acceptors (Lipinski definition) is 8. The van der Waals surface area contributed by atoms with E-state index in [0.717, 1.165) is 26.2 Å². The van der Waals surface area contributed by atoms with Gasteiger partial charge in [0.1, 0.15) is 6.04 Å². The Kier molecular flexibility index (Phi) is 6.58. The normalized spacial score (nSPS) is 22.6. The third-order valence-electron chi connectivity index (χ3n) is 5.19. The van der Waals surface area contributed by atoms with Gasteiger partial charge in [0.05, 0.1) is 20.8 Å². The molecule has 1 aromatic rings. The summed E-state index contributed by atoms with van der Waals surface area (Å²) in [5, 5.41) is 2.80. The van der Waals surface area contributed by atoms with Crippen LogP contribution in [0.4, 0.5) is 0 Å². The number of likely N-dealkylation sites (N-methyl/N-ethyl adjacent to an activating group) is 1. The van der Waals surface area contributed by atoms with Crippen LogP contribution in [0.15, 0.2) is 23.2 Å². The van der Waals surface area contributed by atoms with Gasteiger partial charge in [0, 0.05) is 26.2 Å². The quantitative estimate of drug-likeness (QED) is 0.569. The molecule has 2 unspecified atom stereocenters. The van der Waals surface area contributed by atoms with E-state index in [1.54, 1.807) is 32.2 Å². The first kappa shape index (κ1) is 20.9. The number of guanidine groups is 1. The summed E-state index contributed by atoms with van der Waals surface area (Å²) in [5.74, 6) is -0.506. The van der Waals surface area contributed by atoms with Crippen LogP contribution in [0.3, 0.4) is 0 Å². The van der Waals surface area contributed by atoms with E-state index in [2.05, 4.69) is 17.3 Å². The number of benzene rings is 1. The van der Waals surface area contributed by atoms with Gasteiger partial charge in [-0.25, -0.2) is 4.99 Å². The predicted molar refractivity (Wildman–Crippen MR) is 107 cm³/mol. The number of piperazine rings is 1. The standard InChI is InChI=1S/C20H28N4O5/c1-5-29-19(26)16-17(13-6-7-14(27-3)15(12-13)28-4)21-20(22-18(16)25)24-10-8-23(2)9-11-24/h6-7,12,16-17H,5,8-11H2,1-4H3,(H,21,22,25). The van der Waals surface area contributed by atoms with Crippen molar-refractivity contribution in [1.82, 2.24) is 15.1 Å². The lowest BCUT2D eigenvalue weighted by molar-refractivity contribution is -0.153. The topological polar surface area (TPSA) is 92.7 Å². The van der Waals surface area contributed by atoms with Crippen LogP contribution in [-0.2, 0) is 14.3 Å². The van der Waals surface area contributed by atoms with E-state index in [4.69, 9.17) is 19.2 Å². The fraction of sp³-hybridized carbons (Fsp3) is 0.550. The van der Waals surface area contributed by atoms with E-state index in [-0.39, 0.29) is 6.61 Å². The number of rotatable bonds is 5. The Bertz CT molecular complexity index is 789. The van der Waals surface area contributed by atoms with Gasteiger partial charge in [0.2, 0.25) is 11.9 Å². The summed E-state index contributed by atoms with van der Waals surface area (Å²) >= 11 is 0. The molecule has 0 spiro atoms. The monoisotopic (exact) mass is 404 g/mol. The molecule has 9 nitrogen and oxygen atoms in total. The number of amides is 1. The van der Waals surface area contributed by atoms with Gasteiger partial charge in [0.15, 0.2) is 17.4 Å². The molecule has 2 heterocycles. The highest BCUT2D eigenvalue weighted by atomic mass is 16.5. The molecule has 158 valence electrons. The summed E-state index contributed by atoms with van der Waals surface area (Å²) in [4.78, 5) is 34.5. The molecule has 0 saturated carbocycles. The molecule has 1 N–H and O–H groups in total. The minimum atomic E-state index is -1.07. The van der Waals surface area contributed by atoms with E-state index in [1.807, 2.05) is 4.90 Å². The van der Waals surface area contributed by atoms with Gasteiger partial charge in [0.25, 0.3) is 0 Å². The van der Waals surface area contributed by atoms with Crippen molar-refractivity contribution in [3.05, 3.63) is 23.8 Å². The van der Waals surface area contributed by atoms with Crippen LogP contribution in [-0.4, -0.2) is 81.7 Å². The van der Waals surface area contributed by atoms with Crippen LogP contribution in [0.2, 0.25) is 0 Å². The average Bonchev–Trinajstić information content (AvgIpc) is 2.73. The third kappa shape index (κ3) is 4.45. The molecular weight excluding hydrogens is 376 g/mol. The summed E-state index contributed by atoms with van der Waals surface area (Å²) in [6.45, 7) is 5.14. The van der Waals surface area contributed by atoms with Crippen LogP contribution in [0.5, 0.6) is 11.5 Å². The van der Waals surface area contributed by atoms with Gasteiger partial charge in [-0.3, -0.25) is 14.9 Å². The molecule has 29 heavy (non-hydrogen) atoms. The second kappa shape index (κ2) is 9.13. The zero-order valence-electron chi connectivity index (χ0n) is 17.3. The molecule has 2 atom stereocenters. The van der Waals surface area contributed by atoms with E-state index in [1.165, 1.54) is 7.11 Å². The lowest BCUT2D eigenvalue weighted by Gasteiger charge is -2.37. The van der Waals surface area contributed by atoms with Crippen LogP contribution >= 0.6 is 0 Å². The number of ether oxygens (including phenoxy) is 3. The van der Waals surface area contributed by atoms with Gasteiger partial charge in [-0.1, -0.05) is 6.07 Å². The Morgan fingerprint density at radius 2 is 1.86 bits per heavy atom. The third-order valence-corrected chi connectivity index (χ3v) is 5.19. The molecule has 0 aromatic heterocycles. The van der Waals surface area contributed by atoms with Crippen molar-refractivity contribution in [1.29, 1.82) is 0 Å². The second-order valence-electron chi connectivity index (χ2n) is 7.02. The second-order valence-corrected chi connectivity index (χ2v) is 7.02. The molecule has 0 bridgehead atoms. The molecule has 1 fully saturated rings. The van der Waals surface area contributed by atoms with E-state index < -0.39 is 23.8 Å². The van der Waals surface area contributed by atoms with Crippen molar-refractivity contribution in [3.63, 3.8) is 0 Å². The Labute approximate surface area is 170 Å². The molecule has 9 heteroatoms. The number of esters is 1. The Hall–Kier alpha value is -2.81. The lowest BCUT2D eigenvalue weighted by atomic mass is 9.91. The summed E-state index contributed by atoms with van der Waals surface area (Å²) < 4.78 is 15.8. The first-order valence-electron chi connectivity index (χ1n) is 9.69. The fourth-order valence-corrected chi connectivity index (χ4v) is 3.52. The van der Waals surface area contributed by atoms with E-state index in [0.29, 0.717) is 23.0 Å². The summed E-state index contributed by atoms with van der Waals surface area (Å²) in [5.41, 5.74) is 0.683. The minimum absolute atomic E-state index is 0.191. The number of aliphatic imine (C=N–C) groups is 1. The van der Waals surface area contributed by atoms with Gasteiger partial charge < -0.3 is 24.0 Å². The van der Waals surface area contributed by atoms with Gasteiger partial charge in [-0.15, -0.1) is 0 Å². The number of nitrogens with zero attached hydrogens (tertiary/aromatic N) is 3. The van der Waals surface area contributed by atoms with Gasteiger partial charge in [-0.2, -0.15) is 0 Å². The molecular formula is C20H28N4O5. The summed E-state index contributed by atoms with van der Waals surface area (Å²) in [6, 6.07) is 4.58. The SMILES string of the molecule is CCOC(=O)C1C(=O)NC(N2CCN(C)CC2)=NC1c1ccc(OC)c(OC)c1. The fourth-order valence-electron chi connectivity index (χ4n) is 3.52. The van der Waals surface area contributed by atoms with Crippen LogP contribution < -0.4 is 14.8 Å². The highest BCUT2D eigenvalue weighted by Gasteiger charge is 2.42. The molecule has 1 aromatic carbocycles. The zero-order chi connectivity index (χ0) is 21.0. The van der Waals surface area contributed by atoms with Crippen LogP contribution in [0.1, 0.15) is 18.5 Å². The highest BCUT2D eigenvalue weighted by molar-refractivity contribution is 6.08. The van der Waals surface area contributed by atoms with Crippen molar-refractivity contribution >= 4 is 17.8 Å². The predicted octanol–water partition coefficient (Wildman–Crippen LogP) is 0.657. The number of nitrogens with one attached hydrogen (secondary N) is 1. The maximum absolute atomic E-state index is 12.9. The smallest absolute Gasteiger partial charge is 0.321 e. The van der Waals surface area contributed by atoms with E-state index >= 15 is 0 Å². The number of hydrogen-bond donors (Lipinski definition) is 1. The Balaban J connectivity index is 1.99. The van der Waals surface area contributed by atoms with Crippen molar-refractivity contribution in [3.8, 4) is 11.5 Å². The van der Waals surface area contributed by atoms with Crippen molar-refractivity contribution < 1.29 is 23.8 Å². The van der Waals surface area contributed by atoms with Crippen LogP contribution in [0, 0.1) is 5.92 Å². The first-order valence-corrected chi connectivity index (χ1v) is 9.69. The van der Waals surface area contributed by atoms with E-state index in [9.17, 15) is 9.59 Å². The number of methoxy groups -OCH3 is 2. The molecule has 0 aliphatic carbocycles. The Morgan fingerprint density at radius 3 is 2.48 bits per heavy atom. The Morgan fingerprint density at radius 1 is 1.17 bits per heavy atom. The maximum Gasteiger partial charge on any atom is 0.321 e. The molecule has 0 radical (unpaired) electrons. The van der Waals surface area contributed by atoms with Gasteiger partial charge in [-0.05, 0) is 31.7 Å². The molecule has 2 aliphatic rings. The van der Waals surface area contributed by atoms with Crippen molar-refractivity contribution in [2.75, 3.05) is 54.1 Å². The van der Waals surface area contributed by atoms with Crippen molar-refractivity contribution in [2.45, 2.75) is 13.0 Å². The molecule has 1 saturated heterocycles. The summed E-state index contributed by atoms with van der Waals surface area (Å²) in [7, 11) is 5.15. The molecule has 1 amide bonds. The van der Waals surface area contributed by atoms with Crippen molar-refractivity contribution in [2.24, 2.45) is 10.9 Å². The first-order chi connectivity index (χ1) is 14.0. The maximum atomic E-state index is 12.9. The number of carbonyl (C=O) groups excluding carboxylic acids is 2. The van der Waals surface area contributed by atoms with Gasteiger partial charge >= 0.3 is 5.97 Å². The zero-order valence-corrected chi connectivity index (χ0v) is 17.3. The average molecular weight is 404 g/mol. The number of carbonyl (C=O) groups is 2. The highest BCUT2D eigenvalue weighted by Crippen LogP contribution is 2.36. The van der Waals surface area contributed by atoms with Crippen LogP contribution in [0.25, 0.3) is 0 Å². The summed E-state index contributed by atoms with van der Waals surface area (Å²) in [6.07, 6.45) is 0. The lowest BCUT2D eigenvalue weighted by Crippen LogP contribution is -2.56. The minimum Gasteiger partial charge on any atom is -0.493 e. The largest absolute Gasteiger partial charge is 0.493 e. The molecule has 3 rings (SSSR count).